The van der Waals surface area contributed by atoms with Crippen molar-refractivity contribution in [2.75, 3.05) is 6.54 Å². The van der Waals surface area contributed by atoms with E-state index >= 15 is 0 Å². The molecule has 0 bridgehead atoms. The van der Waals surface area contributed by atoms with Crippen LogP contribution in [0.2, 0.25) is 0 Å². The second-order valence-corrected chi connectivity index (χ2v) is 4.31. The molecule has 6 nitrogen and oxygen atoms in total. The molecule has 6 heteroatoms. The van der Waals surface area contributed by atoms with Gasteiger partial charge in [-0.1, -0.05) is 30.3 Å². The fraction of sp³-hybridized carbons (Fsp3) is 0.429. The third kappa shape index (κ3) is 4.59. The van der Waals surface area contributed by atoms with Crippen molar-refractivity contribution < 1.29 is 19.4 Å². The molecule has 0 aliphatic rings. The maximum atomic E-state index is 11.4. The Balaban J connectivity index is 2.80. The van der Waals surface area contributed by atoms with Gasteiger partial charge in [0.05, 0.1) is 6.61 Å². The maximum Gasteiger partial charge on any atom is 0.360 e. The molecule has 0 aliphatic heterocycles. The summed E-state index contributed by atoms with van der Waals surface area (Å²) in [5, 5.41) is 9.30. The Morgan fingerprint density at radius 3 is 2.60 bits per heavy atom. The zero-order chi connectivity index (χ0) is 14.8. The normalized spacial score (nSPS) is 13.2. The Hall–Kier alpha value is -2.01. The highest BCUT2D eigenvalue weighted by Crippen LogP contribution is 2.23. The van der Waals surface area contributed by atoms with Gasteiger partial charge < -0.3 is 15.6 Å². The van der Waals surface area contributed by atoms with Crippen molar-refractivity contribution in [3.63, 3.8) is 0 Å². The Morgan fingerprint density at radius 1 is 1.35 bits per heavy atom. The molecule has 0 unspecified atom stereocenters. The number of hydrogen-bond donors (Lipinski definition) is 2. The highest BCUT2D eigenvalue weighted by atomic mass is 16.5. The lowest BCUT2D eigenvalue weighted by molar-refractivity contribution is -0.168. The standard InChI is InChI=1S/C14H18N2O4/c15-9-5-4-8-14(13(18)19,16-11-17)20-10-12-6-2-1-3-7-12/h1-3,6-7H,4-5,8-10,15H2,(H,18,19)/t14-/m1/s1. The molecule has 0 radical (unpaired) electrons. The average molecular weight is 278 g/mol. The van der Waals surface area contributed by atoms with Gasteiger partial charge in [-0.15, -0.1) is 0 Å². The minimum Gasteiger partial charge on any atom is -0.478 e. The molecule has 0 saturated carbocycles. The van der Waals surface area contributed by atoms with E-state index in [4.69, 9.17) is 10.5 Å². The van der Waals surface area contributed by atoms with Gasteiger partial charge >= 0.3 is 5.97 Å². The minimum atomic E-state index is -1.88. The first-order valence-electron chi connectivity index (χ1n) is 6.35. The summed E-state index contributed by atoms with van der Waals surface area (Å²) in [5.74, 6) is -1.30. The molecule has 0 fully saturated rings. The summed E-state index contributed by atoms with van der Waals surface area (Å²) in [6.45, 7) is 0.500. The van der Waals surface area contributed by atoms with Gasteiger partial charge in [0, 0.05) is 6.42 Å². The molecule has 3 N–H and O–H groups in total. The van der Waals surface area contributed by atoms with Gasteiger partial charge in [0.25, 0.3) is 5.72 Å². The molecule has 20 heavy (non-hydrogen) atoms. The minimum absolute atomic E-state index is 0.0565. The van der Waals surface area contributed by atoms with E-state index in [2.05, 4.69) is 4.99 Å². The summed E-state index contributed by atoms with van der Waals surface area (Å²) in [4.78, 5) is 25.3. The summed E-state index contributed by atoms with van der Waals surface area (Å²) < 4.78 is 5.39. The number of carboxylic acids is 1. The van der Waals surface area contributed by atoms with Crippen molar-refractivity contribution in [1.82, 2.24) is 0 Å². The van der Waals surface area contributed by atoms with Crippen LogP contribution in [0.1, 0.15) is 24.8 Å². The molecule has 0 aromatic heterocycles. The monoisotopic (exact) mass is 278 g/mol. The molecular weight excluding hydrogens is 260 g/mol. The van der Waals surface area contributed by atoms with Gasteiger partial charge in [-0.3, -0.25) is 0 Å². The number of nitrogens with zero attached hydrogens (tertiary/aromatic N) is 1. The first-order valence-corrected chi connectivity index (χ1v) is 6.35. The third-order valence-electron chi connectivity index (χ3n) is 2.85. The van der Waals surface area contributed by atoms with E-state index in [9.17, 15) is 14.7 Å². The smallest absolute Gasteiger partial charge is 0.360 e. The van der Waals surface area contributed by atoms with Crippen LogP contribution >= 0.6 is 0 Å². The SMILES string of the molecule is NCCCC[C@@](N=C=O)(OCc1ccccc1)C(=O)O. The zero-order valence-corrected chi connectivity index (χ0v) is 11.1. The number of carbonyl (C=O) groups is 1. The molecule has 0 heterocycles. The number of carbonyl (C=O) groups excluding carboxylic acids is 1. The second kappa shape index (κ2) is 8.22. The molecule has 0 saturated heterocycles. The van der Waals surface area contributed by atoms with Crippen molar-refractivity contribution in [3.05, 3.63) is 35.9 Å². The highest BCUT2D eigenvalue weighted by Gasteiger charge is 2.39. The summed E-state index contributed by atoms with van der Waals surface area (Å²) in [6.07, 6.45) is 2.52. The number of nitrogens with two attached hydrogens (primary N) is 1. The molecule has 0 amide bonds. The molecule has 0 spiro atoms. The Labute approximate surface area is 117 Å². The predicted octanol–water partition coefficient (Wildman–Crippen LogP) is 1.45. The number of benzene rings is 1. The summed E-state index contributed by atoms with van der Waals surface area (Å²) in [5.41, 5.74) is 4.30. The predicted molar refractivity (Wildman–Crippen MR) is 72.6 cm³/mol. The molecule has 1 aromatic rings. The van der Waals surface area contributed by atoms with E-state index in [-0.39, 0.29) is 13.0 Å². The summed E-state index contributed by atoms with van der Waals surface area (Å²) >= 11 is 0. The van der Waals surface area contributed by atoms with Crippen LogP contribution in [0.25, 0.3) is 0 Å². The van der Waals surface area contributed by atoms with Crippen LogP contribution in [0.4, 0.5) is 0 Å². The fourth-order valence-electron chi connectivity index (χ4n) is 1.74. The van der Waals surface area contributed by atoms with Gasteiger partial charge in [-0.2, -0.15) is 4.99 Å². The van der Waals surface area contributed by atoms with Crippen molar-refractivity contribution in [1.29, 1.82) is 0 Å². The highest BCUT2D eigenvalue weighted by molar-refractivity contribution is 5.78. The largest absolute Gasteiger partial charge is 0.478 e. The van der Waals surface area contributed by atoms with Crippen LogP contribution in [0.5, 0.6) is 0 Å². The van der Waals surface area contributed by atoms with Crippen molar-refractivity contribution in [2.24, 2.45) is 10.7 Å². The Morgan fingerprint density at radius 2 is 2.05 bits per heavy atom. The van der Waals surface area contributed by atoms with E-state index in [0.717, 1.165) is 5.56 Å². The number of isocyanates is 1. The quantitative estimate of drug-likeness (QED) is 0.404. The van der Waals surface area contributed by atoms with Gasteiger partial charge in [-0.05, 0) is 24.9 Å². The molecule has 1 aromatic carbocycles. The van der Waals surface area contributed by atoms with Crippen LogP contribution in [0, 0.1) is 0 Å². The van der Waals surface area contributed by atoms with Gasteiger partial charge in [-0.25, -0.2) is 9.59 Å². The third-order valence-corrected chi connectivity index (χ3v) is 2.85. The van der Waals surface area contributed by atoms with E-state index in [1.807, 2.05) is 18.2 Å². The Bertz CT molecular complexity index is 467. The number of aliphatic imine (C=N–C) groups is 1. The maximum absolute atomic E-state index is 11.4. The summed E-state index contributed by atoms with van der Waals surface area (Å²) in [7, 11) is 0. The number of aliphatic carboxylic acids is 1. The van der Waals surface area contributed by atoms with Crippen molar-refractivity contribution >= 4 is 12.0 Å². The number of ether oxygens (including phenoxy) is 1. The van der Waals surface area contributed by atoms with E-state index in [1.54, 1.807) is 12.1 Å². The topological polar surface area (TPSA) is 102 Å². The van der Waals surface area contributed by atoms with Crippen molar-refractivity contribution in [2.45, 2.75) is 31.6 Å². The zero-order valence-electron chi connectivity index (χ0n) is 11.1. The molecule has 0 aliphatic carbocycles. The van der Waals surface area contributed by atoms with E-state index in [1.165, 1.54) is 6.08 Å². The number of carboxylic acid groups (broad SMARTS) is 1. The van der Waals surface area contributed by atoms with E-state index in [0.29, 0.717) is 19.4 Å². The van der Waals surface area contributed by atoms with E-state index < -0.39 is 11.7 Å². The van der Waals surface area contributed by atoms with Crippen LogP contribution in [0.15, 0.2) is 35.3 Å². The molecule has 1 atom stereocenters. The van der Waals surface area contributed by atoms with Crippen LogP contribution in [0.3, 0.4) is 0 Å². The van der Waals surface area contributed by atoms with Gasteiger partial charge in [0.15, 0.2) is 0 Å². The Kier molecular flexibility index (Phi) is 6.59. The lowest BCUT2D eigenvalue weighted by atomic mass is 10.1. The van der Waals surface area contributed by atoms with Gasteiger partial charge in [0.1, 0.15) is 0 Å². The van der Waals surface area contributed by atoms with Crippen molar-refractivity contribution in [3.8, 4) is 0 Å². The summed E-state index contributed by atoms with van der Waals surface area (Å²) in [6, 6.07) is 9.09. The lowest BCUT2D eigenvalue weighted by Crippen LogP contribution is -2.39. The number of hydrogen-bond acceptors (Lipinski definition) is 5. The molecular formula is C14H18N2O4. The first-order chi connectivity index (χ1) is 9.64. The average Bonchev–Trinajstić information content (AvgIpc) is 2.46. The van der Waals surface area contributed by atoms with Gasteiger partial charge in [0.2, 0.25) is 6.08 Å². The molecule has 108 valence electrons. The van der Waals surface area contributed by atoms with Crippen LogP contribution in [-0.2, 0) is 20.9 Å². The number of unbranched alkanes of at least 4 members (excludes halogenated alkanes) is 1. The lowest BCUT2D eigenvalue weighted by Gasteiger charge is -2.23. The fourth-order valence-corrected chi connectivity index (χ4v) is 1.74. The molecule has 1 rings (SSSR count). The second-order valence-electron chi connectivity index (χ2n) is 4.31. The van der Waals surface area contributed by atoms with Crippen LogP contribution < -0.4 is 5.73 Å². The van der Waals surface area contributed by atoms with Crippen LogP contribution in [-0.4, -0.2) is 29.4 Å². The first kappa shape index (κ1) is 16.0. The number of rotatable bonds is 9.